The summed E-state index contributed by atoms with van der Waals surface area (Å²) in [5.74, 6) is 1.79. The van der Waals surface area contributed by atoms with Crippen LogP contribution in [0.4, 0.5) is 0 Å². The van der Waals surface area contributed by atoms with Crippen LogP contribution in [0, 0.1) is 0 Å². The van der Waals surface area contributed by atoms with E-state index < -0.39 is 0 Å². The van der Waals surface area contributed by atoms with E-state index in [1.54, 1.807) is 0 Å². The van der Waals surface area contributed by atoms with E-state index in [-0.39, 0.29) is 0 Å². The molecular weight excluding hydrogens is 590 g/mol. The van der Waals surface area contributed by atoms with Crippen molar-refractivity contribution in [3.05, 3.63) is 152 Å². The summed E-state index contributed by atoms with van der Waals surface area (Å²) in [5, 5.41) is 6.33. The summed E-state index contributed by atoms with van der Waals surface area (Å²) in [4.78, 5) is 15.5. The van der Waals surface area contributed by atoms with Crippen molar-refractivity contribution in [2.45, 2.75) is 0 Å². The molecule has 10 aromatic rings. The van der Waals surface area contributed by atoms with Gasteiger partial charge in [0.2, 0.25) is 0 Å². The highest BCUT2D eigenvalue weighted by molar-refractivity contribution is 6.20. The molecule has 0 saturated heterocycles. The molecule has 7 aromatic carbocycles. The minimum absolute atomic E-state index is 0.589. The molecule has 5 nitrogen and oxygen atoms in total. The molecule has 0 aliphatic heterocycles. The predicted molar refractivity (Wildman–Crippen MR) is 194 cm³/mol. The molecule has 3 aromatic heterocycles. The van der Waals surface area contributed by atoms with Gasteiger partial charge in [-0.25, -0.2) is 15.0 Å². The predicted octanol–water partition coefficient (Wildman–Crippen LogP) is 11.5. The summed E-state index contributed by atoms with van der Waals surface area (Å²) in [6, 6.07) is 51.6. The summed E-state index contributed by atoms with van der Waals surface area (Å²) in [7, 11) is 0. The van der Waals surface area contributed by atoms with Gasteiger partial charge in [0, 0.05) is 38.2 Å². The standard InChI is InChI=1S/C43H25N3O2/c1-2-10-26(11-3-1)27-20-22-28(23-21-27)41-44-42(46-43(45-41)34-16-9-19-37-40(34)33-13-5-7-18-36(33)47-37)31-15-8-14-30-29(31)24-25-38-39(30)32-12-4-6-17-35(32)48-38/h1-25H. The van der Waals surface area contributed by atoms with Crippen molar-refractivity contribution in [1.82, 2.24) is 15.0 Å². The molecule has 48 heavy (non-hydrogen) atoms. The maximum absolute atomic E-state index is 6.25. The Hall–Kier alpha value is -6.59. The third kappa shape index (κ3) is 4.15. The van der Waals surface area contributed by atoms with Crippen LogP contribution in [-0.4, -0.2) is 15.0 Å². The quantitative estimate of drug-likeness (QED) is 0.197. The van der Waals surface area contributed by atoms with E-state index in [1.807, 2.05) is 60.7 Å². The molecule has 0 N–H and O–H groups in total. The molecule has 0 aliphatic carbocycles. The summed E-state index contributed by atoms with van der Waals surface area (Å²) >= 11 is 0. The second-order valence-electron chi connectivity index (χ2n) is 12.0. The smallest absolute Gasteiger partial charge is 0.164 e. The van der Waals surface area contributed by atoms with Crippen LogP contribution in [0.1, 0.15) is 0 Å². The zero-order chi connectivity index (χ0) is 31.6. The number of rotatable bonds is 4. The first kappa shape index (κ1) is 26.6. The van der Waals surface area contributed by atoms with Gasteiger partial charge in [-0.3, -0.25) is 0 Å². The van der Waals surface area contributed by atoms with Gasteiger partial charge in [0.1, 0.15) is 22.3 Å². The fraction of sp³-hybridized carbons (Fsp3) is 0. The van der Waals surface area contributed by atoms with Crippen molar-refractivity contribution in [2.75, 3.05) is 0 Å². The van der Waals surface area contributed by atoms with Gasteiger partial charge >= 0.3 is 0 Å². The van der Waals surface area contributed by atoms with Gasteiger partial charge in [-0.05, 0) is 52.2 Å². The first-order valence-corrected chi connectivity index (χ1v) is 15.9. The number of para-hydroxylation sites is 2. The lowest BCUT2D eigenvalue weighted by Crippen LogP contribution is -2.01. The van der Waals surface area contributed by atoms with E-state index in [0.29, 0.717) is 17.5 Å². The number of hydrogen-bond acceptors (Lipinski definition) is 5. The number of nitrogens with zero attached hydrogens (tertiary/aromatic N) is 3. The average molecular weight is 616 g/mol. The summed E-state index contributed by atoms with van der Waals surface area (Å²) < 4.78 is 12.5. The summed E-state index contributed by atoms with van der Waals surface area (Å²) in [6.07, 6.45) is 0. The molecule has 0 fully saturated rings. The molecule has 3 heterocycles. The first-order chi connectivity index (χ1) is 23.8. The highest BCUT2D eigenvalue weighted by Gasteiger charge is 2.20. The number of furan rings is 2. The fourth-order valence-corrected chi connectivity index (χ4v) is 6.93. The minimum atomic E-state index is 0.589. The van der Waals surface area contributed by atoms with Gasteiger partial charge in [0.25, 0.3) is 0 Å². The van der Waals surface area contributed by atoms with E-state index >= 15 is 0 Å². The molecule has 0 radical (unpaired) electrons. The molecule has 224 valence electrons. The molecule has 0 spiro atoms. The number of fused-ring (bicyclic) bond motifs is 8. The molecule has 0 unspecified atom stereocenters. The van der Waals surface area contributed by atoms with E-state index in [4.69, 9.17) is 23.8 Å². The zero-order valence-corrected chi connectivity index (χ0v) is 25.6. The number of benzene rings is 7. The lowest BCUT2D eigenvalue weighted by Gasteiger charge is -2.11. The van der Waals surface area contributed by atoms with Crippen molar-refractivity contribution in [3.63, 3.8) is 0 Å². The van der Waals surface area contributed by atoms with Gasteiger partial charge in [0.05, 0.1) is 0 Å². The Kier molecular flexibility index (Phi) is 5.81. The van der Waals surface area contributed by atoms with Gasteiger partial charge in [-0.1, -0.05) is 121 Å². The molecule has 0 saturated carbocycles. The van der Waals surface area contributed by atoms with Crippen LogP contribution in [0.25, 0.3) is 99.9 Å². The van der Waals surface area contributed by atoms with Gasteiger partial charge in [0.15, 0.2) is 17.5 Å². The third-order valence-corrected chi connectivity index (χ3v) is 9.17. The number of hydrogen-bond donors (Lipinski definition) is 0. The maximum atomic E-state index is 6.25. The average Bonchev–Trinajstić information content (AvgIpc) is 3.74. The first-order valence-electron chi connectivity index (χ1n) is 15.9. The number of aromatic nitrogens is 3. The SMILES string of the molecule is c1ccc(-c2ccc(-c3nc(-c4cccc5c4ccc4oc6ccccc6c45)nc(-c4cccc5oc6ccccc6c45)n3)cc2)cc1. The van der Waals surface area contributed by atoms with Crippen molar-refractivity contribution >= 4 is 54.6 Å². The second kappa shape index (κ2) is 10.5. The van der Waals surface area contributed by atoms with E-state index in [9.17, 15) is 0 Å². The van der Waals surface area contributed by atoms with Gasteiger partial charge in [-0.2, -0.15) is 0 Å². The zero-order valence-electron chi connectivity index (χ0n) is 25.6. The molecular formula is C43H25N3O2. The van der Waals surface area contributed by atoms with E-state index in [1.165, 1.54) is 0 Å². The lowest BCUT2D eigenvalue weighted by molar-refractivity contribution is 0.668. The van der Waals surface area contributed by atoms with Crippen LogP contribution < -0.4 is 0 Å². The van der Waals surface area contributed by atoms with Crippen LogP contribution in [0.5, 0.6) is 0 Å². The highest BCUT2D eigenvalue weighted by atomic mass is 16.3. The Morgan fingerprint density at radius 1 is 0.292 bits per heavy atom. The topological polar surface area (TPSA) is 65.0 Å². The Morgan fingerprint density at radius 3 is 1.58 bits per heavy atom. The normalized spacial score (nSPS) is 11.8. The van der Waals surface area contributed by atoms with E-state index in [0.717, 1.165) is 82.5 Å². The Balaban J connectivity index is 1.23. The summed E-state index contributed by atoms with van der Waals surface area (Å²) in [6.45, 7) is 0. The third-order valence-electron chi connectivity index (χ3n) is 9.17. The molecule has 0 aliphatic rings. The van der Waals surface area contributed by atoms with E-state index in [2.05, 4.69) is 91.0 Å². The molecule has 5 heteroatoms. The highest BCUT2D eigenvalue weighted by Crippen LogP contribution is 2.40. The summed E-state index contributed by atoms with van der Waals surface area (Å²) in [5.41, 5.74) is 8.38. The van der Waals surface area contributed by atoms with Crippen LogP contribution in [0.2, 0.25) is 0 Å². The van der Waals surface area contributed by atoms with Crippen molar-refractivity contribution in [1.29, 1.82) is 0 Å². The molecule has 10 rings (SSSR count). The largest absolute Gasteiger partial charge is 0.456 e. The lowest BCUT2D eigenvalue weighted by atomic mass is 9.99. The Labute approximate surface area is 274 Å². The Morgan fingerprint density at radius 2 is 0.812 bits per heavy atom. The molecule has 0 bridgehead atoms. The van der Waals surface area contributed by atoms with Crippen LogP contribution in [0.15, 0.2) is 160 Å². The second-order valence-corrected chi connectivity index (χ2v) is 12.0. The van der Waals surface area contributed by atoms with Crippen LogP contribution >= 0.6 is 0 Å². The van der Waals surface area contributed by atoms with Crippen molar-refractivity contribution in [3.8, 4) is 45.3 Å². The maximum Gasteiger partial charge on any atom is 0.164 e. The molecule has 0 atom stereocenters. The molecule has 0 amide bonds. The van der Waals surface area contributed by atoms with Gasteiger partial charge < -0.3 is 8.83 Å². The monoisotopic (exact) mass is 615 g/mol. The fourth-order valence-electron chi connectivity index (χ4n) is 6.93. The van der Waals surface area contributed by atoms with Crippen molar-refractivity contribution in [2.24, 2.45) is 0 Å². The van der Waals surface area contributed by atoms with Crippen molar-refractivity contribution < 1.29 is 8.83 Å². The Bertz CT molecular complexity index is 2830. The van der Waals surface area contributed by atoms with Gasteiger partial charge in [-0.15, -0.1) is 0 Å². The minimum Gasteiger partial charge on any atom is -0.456 e. The van der Waals surface area contributed by atoms with Crippen LogP contribution in [0.3, 0.4) is 0 Å². The van der Waals surface area contributed by atoms with Crippen LogP contribution in [-0.2, 0) is 0 Å².